The maximum atomic E-state index is 12.5. The van der Waals surface area contributed by atoms with Crippen LogP contribution in [0, 0.1) is 0 Å². The summed E-state index contributed by atoms with van der Waals surface area (Å²) in [5.41, 5.74) is 1.29. The monoisotopic (exact) mass is 428 g/mol. The van der Waals surface area contributed by atoms with Crippen molar-refractivity contribution in [2.45, 2.75) is 11.4 Å². The lowest BCUT2D eigenvalue weighted by molar-refractivity contribution is 0.102. The van der Waals surface area contributed by atoms with Gasteiger partial charge in [-0.15, -0.1) is 11.3 Å². The summed E-state index contributed by atoms with van der Waals surface area (Å²) in [4.78, 5) is 13.5. The van der Waals surface area contributed by atoms with E-state index in [1.54, 1.807) is 30.3 Å². The van der Waals surface area contributed by atoms with Crippen LogP contribution in [0.15, 0.2) is 75.6 Å². The molecule has 0 saturated carbocycles. The molecule has 3 N–H and O–H groups in total. The molecule has 4 aromatic rings. The Labute approximate surface area is 170 Å². The van der Waals surface area contributed by atoms with Crippen LogP contribution in [0.1, 0.15) is 16.2 Å². The number of benzene rings is 1. The van der Waals surface area contributed by atoms with Crippen molar-refractivity contribution in [1.82, 2.24) is 14.9 Å². The van der Waals surface area contributed by atoms with Gasteiger partial charge in [-0.3, -0.25) is 9.89 Å². The number of thiophene rings is 1. The fourth-order valence-corrected chi connectivity index (χ4v) is 4.33. The Morgan fingerprint density at radius 3 is 2.79 bits per heavy atom. The molecule has 3 aromatic heterocycles. The van der Waals surface area contributed by atoms with Crippen molar-refractivity contribution < 1.29 is 17.6 Å². The molecule has 4 rings (SSSR count). The summed E-state index contributed by atoms with van der Waals surface area (Å²) in [7, 11) is -3.77. The van der Waals surface area contributed by atoms with Gasteiger partial charge in [-0.1, -0.05) is 12.1 Å². The van der Waals surface area contributed by atoms with E-state index in [4.69, 9.17) is 4.42 Å². The number of nitrogens with zero attached hydrogens (tertiary/aromatic N) is 1. The van der Waals surface area contributed by atoms with Gasteiger partial charge in [0.1, 0.15) is 5.76 Å². The molecule has 0 fully saturated rings. The zero-order valence-corrected chi connectivity index (χ0v) is 16.6. The molecule has 0 aliphatic carbocycles. The fourth-order valence-electron chi connectivity index (χ4n) is 2.59. The molecule has 10 heteroatoms. The summed E-state index contributed by atoms with van der Waals surface area (Å²) in [6.45, 7) is 0.0324. The number of carbonyl (C=O) groups is 1. The predicted octanol–water partition coefficient (Wildman–Crippen LogP) is 3.46. The molecule has 0 unspecified atom stereocenters. The topological polar surface area (TPSA) is 117 Å². The van der Waals surface area contributed by atoms with Gasteiger partial charge in [-0.25, -0.2) is 13.1 Å². The lowest BCUT2D eigenvalue weighted by atomic mass is 10.3. The Kier molecular flexibility index (Phi) is 5.30. The summed E-state index contributed by atoms with van der Waals surface area (Å²) in [6, 6.07) is 14.8. The third-order valence-electron chi connectivity index (χ3n) is 4.02. The van der Waals surface area contributed by atoms with Crippen molar-refractivity contribution in [3.8, 4) is 10.6 Å². The van der Waals surface area contributed by atoms with Gasteiger partial charge in [0.25, 0.3) is 5.91 Å². The Hall–Kier alpha value is -3.21. The normalized spacial score (nSPS) is 11.4. The summed E-state index contributed by atoms with van der Waals surface area (Å²) in [5.74, 6) is 0.0558. The molecule has 0 aliphatic rings. The number of H-pyrrole nitrogens is 1. The lowest BCUT2D eigenvalue weighted by Gasteiger charge is -2.08. The number of hydrogen-bond acceptors (Lipinski definition) is 6. The molecular formula is C19H16N4O4S2. The van der Waals surface area contributed by atoms with E-state index in [2.05, 4.69) is 20.2 Å². The molecular weight excluding hydrogens is 412 g/mol. The average Bonchev–Trinajstić information content (AvgIpc) is 3.49. The number of furan rings is 1. The maximum absolute atomic E-state index is 12.5. The molecule has 0 aliphatic heterocycles. The number of amides is 1. The number of nitrogens with one attached hydrogen (secondary N) is 3. The average molecular weight is 428 g/mol. The van der Waals surface area contributed by atoms with Crippen molar-refractivity contribution in [3.63, 3.8) is 0 Å². The first kappa shape index (κ1) is 19.1. The molecule has 0 saturated heterocycles. The summed E-state index contributed by atoms with van der Waals surface area (Å²) in [5, 5.41) is 11.5. The van der Waals surface area contributed by atoms with E-state index in [0.717, 1.165) is 10.6 Å². The van der Waals surface area contributed by atoms with Crippen LogP contribution in [0.25, 0.3) is 10.6 Å². The molecule has 0 bridgehead atoms. The highest BCUT2D eigenvalue weighted by Gasteiger charge is 2.17. The molecule has 29 heavy (non-hydrogen) atoms. The van der Waals surface area contributed by atoms with Gasteiger partial charge in [0.15, 0.2) is 5.69 Å². The van der Waals surface area contributed by atoms with Gasteiger partial charge in [0.2, 0.25) is 10.0 Å². The largest absolute Gasteiger partial charge is 0.468 e. The highest BCUT2D eigenvalue weighted by atomic mass is 32.2. The number of aromatic nitrogens is 2. The first-order valence-electron chi connectivity index (χ1n) is 8.54. The number of sulfonamides is 1. The van der Waals surface area contributed by atoms with Crippen molar-refractivity contribution in [2.24, 2.45) is 0 Å². The van der Waals surface area contributed by atoms with Gasteiger partial charge < -0.3 is 9.73 Å². The van der Waals surface area contributed by atoms with Crippen LogP contribution in [0.4, 0.5) is 5.69 Å². The number of aromatic amines is 1. The van der Waals surface area contributed by atoms with E-state index in [1.807, 2.05) is 17.5 Å². The number of anilines is 1. The molecule has 0 radical (unpaired) electrons. The Bertz CT molecular complexity index is 1210. The van der Waals surface area contributed by atoms with Crippen LogP contribution in [0.3, 0.4) is 0 Å². The highest BCUT2D eigenvalue weighted by Crippen LogP contribution is 2.23. The van der Waals surface area contributed by atoms with Crippen molar-refractivity contribution >= 4 is 33.0 Å². The SMILES string of the molecule is O=C(Nc1cccc(S(=O)(=O)NCc2ccco2)c1)c1cc(-c2cccs2)[nH]n1. The standard InChI is InChI=1S/C19H16N4O4S2/c24-19(17-11-16(22-23-17)18-7-3-9-28-18)21-13-4-1-6-15(10-13)29(25,26)20-12-14-5-2-8-27-14/h1-11,20H,12H2,(H,21,24)(H,22,23). The highest BCUT2D eigenvalue weighted by molar-refractivity contribution is 7.89. The van der Waals surface area contributed by atoms with Crippen molar-refractivity contribution in [2.75, 3.05) is 5.32 Å². The second-order valence-electron chi connectivity index (χ2n) is 6.03. The first-order chi connectivity index (χ1) is 14.0. The van der Waals surface area contributed by atoms with Gasteiger partial charge in [0, 0.05) is 5.69 Å². The van der Waals surface area contributed by atoms with E-state index in [-0.39, 0.29) is 17.1 Å². The molecule has 8 nitrogen and oxygen atoms in total. The smallest absolute Gasteiger partial charge is 0.276 e. The Morgan fingerprint density at radius 1 is 1.14 bits per heavy atom. The molecule has 3 heterocycles. The van der Waals surface area contributed by atoms with Crippen LogP contribution in [-0.2, 0) is 16.6 Å². The van der Waals surface area contributed by atoms with E-state index >= 15 is 0 Å². The van der Waals surface area contributed by atoms with E-state index < -0.39 is 15.9 Å². The van der Waals surface area contributed by atoms with Crippen LogP contribution in [-0.4, -0.2) is 24.5 Å². The van der Waals surface area contributed by atoms with Crippen LogP contribution < -0.4 is 10.0 Å². The van der Waals surface area contributed by atoms with E-state index in [0.29, 0.717) is 11.4 Å². The van der Waals surface area contributed by atoms with Gasteiger partial charge >= 0.3 is 0 Å². The molecule has 148 valence electrons. The molecule has 1 amide bonds. The maximum Gasteiger partial charge on any atom is 0.276 e. The Balaban J connectivity index is 1.46. The van der Waals surface area contributed by atoms with Crippen LogP contribution in [0.5, 0.6) is 0 Å². The number of rotatable bonds is 7. The minimum absolute atomic E-state index is 0.0307. The lowest BCUT2D eigenvalue weighted by Crippen LogP contribution is -2.23. The number of carbonyl (C=O) groups excluding carboxylic acids is 1. The zero-order valence-electron chi connectivity index (χ0n) is 15.0. The quantitative estimate of drug-likeness (QED) is 0.417. The van der Waals surface area contributed by atoms with Crippen LogP contribution >= 0.6 is 11.3 Å². The summed E-state index contributed by atoms with van der Waals surface area (Å²) >= 11 is 1.53. The van der Waals surface area contributed by atoms with E-state index in [9.17, 15) is 13.2 Å². The van der Waals surface area contributed by atoms with Crippen molar-refractivity contribution in [3.05, 3.63) is 77.7 Å². The first-order valence-corrected chi connectivity index (χ1v) is 10.9. The molecule has 1 aromatic carbocycles. The number of hydrogen-bond donors (Lipinski definition) is 3. The second-order valence-corrected chi connectivity index (χ2v) is 8.74. The molecule has 0 atom stereocenters. The fraction of sp³-hybridized carbons (Fsp3) is 0.0526. The van der Waals surface area contributed by atoms with E-state index in [1.165, 1.54) is 29.7 Å². The zero-order chi connectivity index (χ0) is 20.3. The summed E-state index contributed by atoms with van der Waals surface area (Å²) < 4.78 is 32.6. The summed E-state index contributed by atoms with van der Waals surface area (Å²) in [6.07, 6.45) is 1.47. The van der Waals surface area contributed by atoms with Crippen LogP contribution in [0.2, 0.25) is 0 Å². The third kappa shape index (κ3) is 4.45. The van der Waals surface area contributed by atoms with Gasteiger partial charge in [-0.05, 0) is 47.8 Å². The minimum Gasteiger partial charge on any atom is -0.468 e. The predicted molar refractivity (Wildman–Crippen MR) is 109 cm³/mol. The van der Waals surface area contributed by atoms with Gasteiger partial charge in [-0.2, -0.15) is 5.10 Å². The Morgan fingerprint density at radius 2 is 2.03 bits per heavy atom. The van der Waals surface area contributed by atoms with Gasteiger partial charge in [0.05, 0.1) is 28.3 Å². The minimum atomic E-state index is -3.77. The third-order valence-corrected chi connectivity index (χ3v) is 6.32. The van der Waals surface area contributed by atoms with Crippen molar-refractivity contribution in [1.29, 1.82) is 0 Å². The second kappa shape index (κ2) is 8.03. The molecule has 0 spiro atoms.